The van der Waals surface area contributed by atoms with Gasteiger partial charge in [0.15, 0.2) is 6.29 Å². The third-order valence-electron chi connectivity index (χ3n) is 2.37. The van der Waals surface area contributed by atoms with Crippen LogP contribution in [-0.2, 0) is 4.79 Å². The van der Waals surface area contributed by atoms with Crippen LogP contribution in [0, 0.1) is 13.8 Å². The van der Waals surface area contributed by atoms with E-state index in [0.717, 1.165) is 11.4 Å². The van der Waals surface area contributed by atoms with Crippen LogP contribution >= 0.6 is 0 Å². The summed E-state index contributed by atoms with van der Waals surface area (Å²) in [5, 5.41) is 0. The van der Waals surface area contributed by atoms with Gasteiger partial charge in [0.2, 0.25) is 5.78 Å². The van der Waals surface area contributed by atoms with Gasteiger partial charge in [0.1, 0.15) is 0 Å². The maximum Gasteiger partial charge on any atom is 0.227 e. The van der Waals surface area contributed by atoms with Crippen molar-refractivity contribution in [1.29, 1.82) is 0 Å². The SMILES string of the molecule is Cc1cc(C(=O)C=O)c(C)n1C(C)C. The number of aldehydes is 1. The summed E-state index contributed by atoms with van der Waals surface area (Å²) in [4.78, 5) is 21.6. The van der Waals surface area contributed by atoms with Crippen molar-refractivity contribution in [3.05, 3.63) is 23.0 Å². The number of aryl methyl sites for hydroxylation is 1. The van der Waals surface area contributed by atoms with Gasteiger partial charge < -0.3 is 4.57 Å². The molecule has 14 heavy (non-hydrogen) atoms. The van der Waals surface area contributed by atoms with E-state index in [1.165, 1.54) is 0 Å². The molecule has 0 bridgehead atoms. The molecule has 0 aliphatic heterocycles. The predicted octanol–water partition coefficient (Wildman–Crippen LogP) is 2.07. The van der Waals surface area contributed by atoms with Crippen LogP contribution in [0.5, 0.6) is 0 Å². The van der Waals surface area contributed by atoms with Crippen molar-refractivity contribution in [3.63, 3.8) is 0 Å². The highest BCUT2D eigenvalue weighted by Crippen LogP contribution is 2.19. The maximum absolute atomic E-state index is 11.2. The zero-order valence-electron chi connectivity index (χ0n) is 9.00. The van der Waals surface area contributed by atoms with E-state index in [4.69, 9.17) is 0 Å². The molecule has 1 aromatic rings. The summed E-state index contributed by atoms with van der Waals surface area (Å²) >= 11 is 0. The van der Waals surface area contributed by atoms with Gasteiger partial charge >= 0.3 is 0 Å². The third-order valence-corrected chi connectivity index (χ3v) is 2.37. The Kier molecular flexibility index (Phi) is 2.89. The van der Waals surface area contributed by atoms with Gasteiger partial charge in [-0.1, -0.05) is 0 Å². The number of rotatable bonds is 3. The fourth-order valence-electron chi connectivity index (χ4n) is 1.88. The second kappa shape index (κ2) is 3.78. The standard InChI is InChI=1S/C11H15NO2/c1-7(2)12-8(3)5-10(9(12)4)11(14)6-13/h5-7H,1-4H3. The topological polar surface area (TPSA) is 39.1 Å². The van der Waals surface area contributed by atoms with E-state index in [0.29, 0.717) is 17.9 Å². The zero-order valence-corrected chi connectivity index (χ0v) is 9.00. The molecule has 0 aromatic carbocycles. The molecule has 0 saturated heterocycles. The van der Waals surface area contributed by atoms with Crippen molar-refractivity contribution in [2.45, 2.75) is 33.7 Å². The molecule has 0 spiro atoms. The third kappa shape index (κ3) is 1.62. The normalized spacial score (nSPS) is 10.6. The van der Waals surface area contributed by atoms with Gasteiger partial charge in [-0.25, -0.2) is 0 Å². The quantitative estimate of drug-likeness (QED) is 0.419. The summed E-state index contributed by atoms with van der Waals surface area (Å²) in [7, 11) is 0. The Morgan fingerprint density at radius 2 is 2.00 bits per heavy atom. The van der Waals surface area contributed by atoms with Crippen molar-refractivity contribution in [3.8, 4) is 0 Å². The Bertz CT molecular complexity index is 375. The maximum atomic E-state index is 11.2. The lowest BCUT2D eigenvalue weighted by Gasteiger charge is -2.13. The van der Waals surface area contributed by atoms with E-state index in [1.54, 1.807) is 6.07 Å². The second-order valence-corrected chi connectivity index (χ2v) is 3.73. The van der Waals surface area contributed by atoms with E-state index in [9.17, 15) is 9.59 Å². The first-order chi connectivity index (χ1) is 6.49. The Morgan fingerprint density at radius 1 is 1.43 bits per heavy atom. The molecule has 76 valence electrons. The predicted molar refractivity (Wildman–Crippen MR) is 54.7 cm³/mol. The molecule has 3 nitrogen and oxygen atoms in total. The van der Waals surface area contributed by atoms with Crippen LogP contribution in [0.4, 0.5) is 0 Å². The lowest BCUT2D eigenvalue weighted by Crippen LogP contribution is -2.07. The molecule has 0 aliphatic rings. The molecule has 1 heterocycles. The minimum absolute atomic E-state index is 0.309. The highest BCUT2D eigenvalue weighted by molar-refractivity contribution is 6.33. The largest absolute Gasteiger partial charge is 0.346 e. The molecule has 0 N–H and O–H groups in total. The molecule has 0 atom stereocenters. The minimum Gasteiger partial charge on any atom is -0.346 e. The number of nitrogens with zero attached hydrogens (tertiary/aromatic N) is 1. The summed E-state index contributed by atoms with van der Waals surface area (Å²) in [6.45, 7) is 7.91. The number of Topliss-reactive ketones (excluding diaryl/α,β-unsaturated/α-hetero) is 1. The smallest absolute Gasteiger partial charge is 0.227 e. The van der Waals surface area contributed by atoms with Crippen molar-refractivity contribution in [1.82, 2.24) is 4.57 Å². The first-order valence-corrected chi connectivity index (χ1v) is 4.67. The number of aromatic nitrogens is 1. The van der Waals surface area contributed by atoms with E-state index in [-0.39, 0.29) is 0 Å². The van der Waals surface area contributed by atoms with Gasteiger partial charge in [-0.3, -0.25) is 9.59 Å². The van der Waals surface area contributed by atoms with Crippen LogP contribution in [0.3, 0.4) is 0 Å². The highest BCUT2D eigenvalue weighted by Gasteiger charge is 2.15. The summed E-state index contributed by atoms with van der Waals surface area (Å²) in [5.41, 5.74) is 2.41. The monoisotopic (exact) mass is 193 g/mol. The molecular weight excluding hydrogens is 178 g/mol. The lowest BCUT2D eigenvalue weighted by molar-refractivity contribution is -0.104. The van der Waals surface area contributed by atoms with E-state index in [1.807, 2.05) is 13.8 Å². The second-order valence-electron chi connectivity index (χ2n) is 3.73. The summed E-state index contributed by atoms with van der Waals surface area (Å²) in [6, 6.07) is 2.08. The molecule has 0 saturated carbocycles. The molecule has 1 aromatic heterocycles. The molecular formula is C11H15NO2. The van der Waals surface area contributed by atoms with Gasteiger partial charge in [-0.2, -0.15) is 0 Å². The number of ketones is 1. The lowest BCUT2D eigenvalue weighted by atomic mass is 10.2. The first-order valence-electron chi connectivity index (χ1n) is 4.67. The molecule has 3 heteroatoms. The van der Waals surface area contributed by atoms with Crippen LogP contribution in [0.15, 0.2) is 6.07 Å². The van der Waals surface area contributed by atoms with Crippen molar-refractivity contribution in [2.75, 3.05) is 0 Å². The zero-order chi connectivity index (χ0) is 10.9. The number of carbonyl (C=O) groups excluding carboxylic acids is 2. The van der Waals surface area contributed by atoms with Gasteiger partial charge in [0, 0.05) is 23.0 Å². The number of carbonyl (C=O) groups is 2. The van der Waals surface area contributed by atoms with E-state index < -0.39 is 5.78 Å². The van der Waals surface area contributed by atoms with E-state index >= 15 is 0 Å². The Labute approximate surface area is 83.7 Å². The fourth-order valence-corrected chi connectivity index (χ4v) is 1.88. The van der Waals surface area contributed by atoms with Crippen LogP contribution in [-0.4, -0.2) is 16.6 Å². The summed E-state index contributed by atoms with van der Waals surface area (Å²) < 4.78 is 2.05. The van der Waals surface area contributed by atoms with E-state index in [2.05, 4.69) is 18.4 Å². The molecule has 0 aliphatic carbocycles. The fraction of sp³-hybridized carbons (Fsp3) is 0.455. The summed E-state index contributed by atoms with van der Waals surface area (Å²) in [5.74, 6) is -0.440. The van der Waals surface area contributed by atoms with Crippen molar-refractivity contribution >= 4 is 12.1 Å². The average Bonchev–Trinajstić information content (AvgIpc) is 2.40. The molecule has 0 unspecified atom stereocenters. The van der Waals surface area contributed by atoms with Crippen LogP contribution in [0.2, 0.25) is 0 Å². The van der Waals surface area contributed by atoms with Crippen molar-refractivity contribution < 1.29 is 9.59 Å². The number of hydrogen-bond acceptors (Lipinski definition) is 2. The van der Waals surface area contributed by atoms with Crippen molar-refractivity contribution in [2.24, 2.45) is 0 Å². The van der Waals surface area contributed by atoms with Gasteiger partial charge in [-0.15, -0.1) is 0 Å². The Balaban J connectivity index is 3.30. The Morgan fingerprint density at radius 3 is 2.36 bits per heavy atom. The van der Waals surface area contributed by atoms with Crippen LogP contribution in [0.1, 0.15) is 41.6 Å². The molecule has 0 radical (unpaired) electrons. The molecule has 0 amide bonds. The highest BCUT2D eigenvalue weighted by atomic mass is 16.2. The Hall–Kier alpha value is -1.38. The van der Waals surface area contributed by atoms with Gasteiger partial charge in [0.25, 0.3) is 0 Å². The first kappa shape index (κ1) is 10.7. The van der Waals surface area contributed by atoms with Crippen LogP contribution < -0.4 is 0 Å². The average molecular weight is 193 g/mol. The molecule has 1 rings (SSSR count). The minimum atomic E-state index is -0.440. The summed E-state index contributed by atoms with van der Waals surface area (Å²) in [6.07, 6.45) is 0.367. The molecule has 0 fully saturated rings. The number of hydrogen-bond donors (Lipinski definition) is 0. The van der Waals surface area contributed by atoms with Gasteiger partial charge in [-0.05, 0) is 33.8 Å². The van der Waals surface area contributed by atoms with Gasteiger partial charge in [0.05, 0.1) is 0 Å². The van der Waals surface area contributed by atoms with Crippen LogP contribution in [0.25, 0.3) is 0 Å².